The fourth-order valence-electron chi connectivity index (χ4n) is 2.49. The highest BCUT2D eigenvalue weighted by atomic mass is 19.4. The molecule has 1 aliphatic rings. The van der Waals surface area contributed by atoms with Gasteiger partial charge in [-0.2, -0.15) is 13.2 Å². The summed E-state index contributed by atoms with van der Waals surface area (Å²) in [5.41, 5.74) is -1.17. The van der Waals surface area contributed by atoms with Crippen molar-refractivity contribution in [2.75, 3.05) is 13.1 Å². The molecule has 4 nitrogen and oxygen atoms in total. The second-order valence-corrected chi connectivity index (χ2v) is 6.80. The summed E-state index contributed by atoms with van der Waals surface area (Å²) in [5, 5.41) is 0. The second kappa shape index (κ2) is 7.01. The number of carbonyl (C=O) groups excluding carboxylic acids is 1. The first-order valence-corrected chi connectivity index (χ1v) is 7.81. The van der Waals surface area contributed by atoms with Crippen molar-refractivity contribution >= 4 is 6.09 Å². The van der Waals surface area contributed by atoms with Crippen molar-refractivity contribution in [3.63, 3.8) is 0 Å². The summed E-state index contributed by atoms with van der Waals surface area (Å²) < 4.78 is 49.7. The van der Waals surface area contributed by atoms with E-state index in [0.717, 1.165) is 6.07 Å². The van der Waals surface area contributed by atoms with Crippen molar-refractivity contribution in [1.29, 1.82) is 0 Å². The molecule has 134 valence electrons. The average molecular weight is 345 g/mol. The molecule has 0 radical (unpaired) electrons. The van der Waals surface area contributed by atoms with E-state index in [1.807, 2.05) is 0 Å². The second-order valence-electron chi connectivity index (χ2n) is 6.80. The standard InChI is InChI=1S/C17H22F3NO3/c1-16(2,3)24-15(22)21-9-8-13(10-21)23-11-12-6-4-5-7-14(12)17(18,19)20/h4-7,13H,8-11H2,1-3H3. The molecule has 1 heterocycles. The molecule has 0 spiro atoms. The van der Waals surface area contributed by atoms with Gasteiger partial charge in [0.15, 0.2) is 0 Å². The molecule has 1 atom stereocenters. The van der Waals surface area contributed by atoms with Crippen molar-refractivity contribution in [3.05, 3.63) is 35.4 Å². The fraction of sp³-hybridized carbons (Fsp3) is 0.588. The van der Waals surface area contributed by atoms with Gasteiger partial charge in [-0.25, -0.2) is 4.79 Å². The summed E-state index contributed by atoms with van der Waals surface area (Å²) in [6.07, 6.45) is -4.55. The van der Waals surface area contributed by atoms with E-state index >= 15 is 0 Å². The Bertz CT molecular complexity index is 581. The van der Waals surface area contributed by atoms with Crippen LogP contribution >= 0.6 is 0 Å². The molecule has 24 heavy (non-hydrogen) atoms. The number of hydrogen-bond acceptors (Lipinski definition) is 3. The lowest BCUT2D eigenvalue weighted by Crippen LogP contribution is -2.36. The SMILES string of the molecule is CC(C)(C)OC(=O)N1CCC(OCc2ccccc2C(F)(F)F)C1. The molecule has 0 bridgehead atoms. The van der Waals surface area contributed by atoms with Crippen LogP contribution in [0.5, 0.6) is 0 Å². The molecule has 1 saturated heterocycles. The normalized spacial score (nSPS) is 18.8. The molecule has 1 aliphatic heterocycles. The van der Waals surface area contributed by atoms with Gasteiger partial charge >= 0.3 is 12.3 Å². The lowest BCUT2D eigenvalue weighted by Gasteiger charge is -2.24. The van der Waals surface area contributed by atoms with Crippen LogP contribution in [0, 0.1) is 0 Å². The zero-order valence-electron chi connectivity index (χ0n) is 14.0. The third-order valence-electron chi connectivity index (χ3n) is 3.59. The Morgan fingerprint density at radius 2 is 1.92 bits per heavy atom. The minimum atomic E-state index is -4.40. The van der Waals surface area contributed by atoms with E-state index in [2.05, 4.69) is 0 Å². The number of hydrogen-bond donors (Lipinski definition) is 0. The van der Waals surface area contributed by atoms with Gasteiger partial charge < -0.3 is 14.4 Å². The van der Waals surface area contributed by atoms with Gasteiger partial charge in [-0.1, -0.05) is 18.2 Å². The van der Waals surface area contributed by atoms with Crippen LogP contribution in [-0.2, 0) is 22.3 Å². The molecule has 1 unspecified atom stereocenters. The van der Waals surface area contributed by atoms with E-state index in [1.165, 1.54) is 17.0 Å². The minimum Gasteiger partial charge on any atom is -0.444 e. The summed E-state index contributed by atoms with van der Waals surface area (Å²) >= 11 is 0. The number of carbonyl (C=O) groups is 1. The van der Waals surface area contributed by atoms with Crippen LogP contribution in [0.25, 0.3) is 0 Å². The van der Waals surface area contributed by atoms with Crippen molar-refractivity contribution in [1.82, 2.24) is 4.90 Å². The summed E-state index contributed by atoms with van der Waals surface area (Å²) in [7, 11) is 0. The Labute approximate surface area is 139 Å². The molecule has 2 rings (SSSR count). The van der Waals surface area contributed by atoms with Crippen LogP contribution in [-0.4, -0.2) is 35.8 Å². The highest BCUT2D eigenvalue weighted by molar-refractivity contribution is 5.68. The minimum absolute atomic E-state index is 0.0979. The van der Waals surface area contributed by atoms with Crippen LogP contribution in [0.2, 0.25) is 0 Å². The van der Waals surface area contributed by atoms with Gasteiger partial charge in [0.2, 0.25) is 0 Å². The van der Waals surface area contributed by atoms with Crippen LogP contribution < -0.4 is 0 Å². The van der Waals surface area contributed by atoms with Crippen molar-refractivity contribution in [3.8, 4) is 0 Å². The van der Waals surface area contributed by atoms with Gasteiger partial charge in [-0.05, 0) is 38.8 Å². The molecule has 0 N–H and O–H groups in total. The number of alkyl halides is 3. The Balaban J connectivity index is 1.90. The average Bonchev–Trinajstić information content (AvgIpc) is 2.91. The number of rotatable bonds is 3. The lowest BCUT2D eigenvalue weighted by molar-refractivity contribution is -0.139. The first kappa shape index (κ1) is 18.6. The third-order valence-corrected chi connectivity index (χ3v) is 3.59. The van der Waals surface area contributed by atoms with Crippen molar-refractivity contribution < 1.29 is 27.4 Å². The van der Waals surface area contributed by atoms with Gasteiger partial charge in [-0.15, -0.1) is 0 Å². The molecule has 0 aromatic heterocycles. The van der Waals surface area contributed by atoms with Crippen LogP contribution in [0.15, 0.2) is 24.3 Å². The van der Waals surface area contributed by atoms with E-state index in [9.17, 15) is 18.0 Å². The number of ether oxygens (including phenoxy) is 2. The molecule has 1 fully saturated rings. The van der Waals surface area contributed by atoms with Gasteiger partial charge in [0.25, 0.3) is 0 Å². The molecular formula is C17H22F3NO3. The molecular weight excluding hydrogens is 323 g/mol. The Kier molecular flexibility index (Phi) is 5.42. The maximum atomic E-state index is 12.9. The highest BCUT2D eigenvalue weighted by Gasteiger charge is 2.34. The molecule has 1 amide bonds. The van der Waals surface area contributed by atoms with Crippen LogP contribution in [0.3, 0.4) is 0 Å². The maximum absolute atomic E-state index is 12.9. The third kappa shape index (κ3) is 5.12. The molecule has 0 saturated carbocycles. The molecule has 0 aliphatic carbocycles. The zero-order valence-corrected chi connectivity index (χ0v) is 14.0. The summed E-state index contributed by atoms with van der Waals surface area (Å²) in [6, 6.07) is 5.35. The topological polar surface area (TPSA) is 38.8 Å². The molecule has 7 heteroatoms. The monoisotopic (exact) mass is 345 g/mol. The van der Waals surface area contributed by atoms with Crippen LogP contribution in [0.4, 0.5) is 18.0 Å². The Hall–Kier alpha value is -1.76. The van der Waals surface area contributed by atoms with Crippen molar-refractivity contribution in [2.24, 2.45) is 0 Å². The maximum Gasteiger partial charge on any atom is 0.416 e. The molecule has 1 aromatic carbocycles. The first-order chi connectivity index (χ1) is 11.1. The van der Waals surface area contributed by atoms with Crippen molar-refractivity contribution in [2.45, 2.75) is 51.7 Å². The lowest BCUT2D eigenvalue weighted by atomic mass is 10.1. The predicted octanol–water partition coefficient (Wildman–Crippen LogP) is 4.23. The number of nitrogens with zero attached hydrogens (tertiary/aromatic N) is 1. The van der Waals surface area contributed by atoms with Gasteiger partial charge in [0.05, 0.1) is 24.8 Å². The fourth-order valence-corrected chi connectivity index (χ4v) is 2.49. The summed E-state index contributed by atoms with van der Waals surface area (Å²) in [4.78, 5) is 13.5. The Morgan fingerprint density at radius 1 is 1.25 bits per heavy atom. The van der Waals surface area contributed by atoms with E-state index in [-0.39, 0.29) is 18.3 Å². The van der Waals surface area contributed by atoms with E-state index < -0.39 is 23.4 Å². The van der Waals surface area contributed by atoms with E-state index in [0.29, 0.717) is 19.5 Å². The Morgan fingerprint density at radius 3 is 2.54 bits per heavy atom. The smallest absolute Gasteiger partial charge is 0.416 e. The quantitative estimate of drug-likeness (QED) is 0.823. The summed E-state index contributed by atoms with van der Waals surface area (Å²) in [6.45, 7) is 6.00. The molecule has 1 aromatic rings. The summed E-state index contributed by atoms with van der Waals surface area (Å²) in [5.74, 6) is 0. The van der Waals surface area contributed by atoms with Gasteiger partial charge in [0.1, 0.15) is 5.60 Å². The van der Waals surface area contributed by atoms with Gasteiger partial charge in [0, 0.05) is 6.54 Å². The van der Waals surface area contributed by atoms with E-state index in [4.69, 9.17) is 9.47 Å². The van der Waals surface area contributed by atoms with Gasteiger partial charge in [-0.3, -0.25) is 0 Å². The predicted molar refractivity (Wildman–Crippen MR) is 82.4 cm³/mol. The first-order valence-electron chi connectivity index (χ1n) is 7.81. The number of halogens is 3. The largest absolute Gasteiger partial charge is 0.444 e. The number of benzene rings is 1. The highest BCUT2D eigenvalue weighted by Crippen LogP contribution is 2.32. The zero-order chi connectivity index (χ0) is 18.0. The van der Waals surface area contributed by atoms with E-state index in [1.54, 1.807) is 26.8 Å². The number of amides is 1. The van der Waals surface area contributed by atoms with Crippen LogP contribution in [0.1, 0.15) is 38.3 Å². The number of likely N-dealkylation sites (tertiary alicyclic amines) is 1.